The number of aromatic nitrogens is 1. The zero-order chi connectivity index (χ0) is 15.4. The molecular formula is C16H19N3O2S. The van der Waals surface area contributed by atoms with Gasteiger partial charge in [-0.3, -0.25) is 4.79 Å². The first kappa shape index (κ1) is 14.8. The largest absolute Gasteiger partial charge is 0.483 e. The van der Waals surface area contributed by atoms with Crippen LogP contribution in [0.4, 0.5) is 5.13 Å². The van der Waals surface area contributed by atoms with E-state index < -0.39 is 0 Å². The topological polar surface area (TPSA) is 77.2 Å². The molecule has 1 amide bonds. The maximum atomic E-state index is 12.0. The SMILES string of the molecule is Nc1nc(-c2ccccc2OCC(=O)NC2CCCC2)cs1. The summed E-state index contributed by atoms with van der Waals surface area (Å²) in [6.07, 6.45) is 4.53. The average Bonchev–Trinajstić information content (AvgIpc) is 3.17. The van der Waals surface area contributed by atoms with Crippen LogP contribution in [0.3, 0.4) is 0 Å². The van der Waals surface area contributed by atoms with Crippen LogP contribution in [-0.2, 0) is 4.79 Å². The van der Waals surface area contributed by atoms with Crippen LogP contribution in [0.1, 0.15) is 25.7 Å². The number of nitrogens with zero attached hydrogens (tertiary/aromatic N) is 1. The van der Waals surface area contributed by atoms with E-state index in [-0.39, 0.29) is 12.5 Å². The molecule has 1 heterocycles. The van der Waals surface area contributed by atoms with E-state index in [1.807, 2.05) is 29.6 Å². The van der Waals surface area contributed by atoms with Gasteiger partial charge in [-0.1, -0.05) is 25.0 Å². The lowest BCUT2D eigenvalue weighted by atomic mass is 10.1. The number of hydrogen-bond donors (Lipinski definition) is 2. The van der Waals surface area contributed by atoms with Crippen molar-refractivity contribution < 1.29 is 9.53 Å². The van der Waals surface area contributed by atoms with E-state index >= 15 is 0 Å². The number of carbonyl (C=O) groups is 1. The van der Waals surface area contributed by atoms with Gasteiger partial charge in [-0.2, -0.15) is 0 Å². The Kier molecular flexibility index (Phi) is 4.58. The summed E-state index contributed by atoms with van der Waals surface area (Å²) in [6, 6.07) is 7.86. The number of benzene rings is 1. The van der Waals surface area contributed by atoms with Crippen molar-refractivity contribution in [3.63, 3.8) is 0 Å². The third-order valence-corrected chi connectivity index (χ3v) is 4.44. The van der Waals surface area contributed by atoms with Crippen molar-refractivity contribution in [1.29, 1.82) is 0 Å². The molecule has 0 unspecified atom stereocenters. The molecule has 3 N–H and O–H groups in total. The molecule has 3 rings (SSSR count). The fourth-order valence-corrected chi connectivity index (χ4v) is 3.26. The molecule has 0 atom stereocenters. The molecule has 0 spiro atoms. The number of nitrogens with two attached hydrogens (primary N) is 1. The van der Waals surface area contributed by atoms with Gasteiger partial charge >= 0.3 is 0 Å². The number of carbonyl (C=O) groups excluding carboxylic acids is 1. The number of nitrogens with one attached hydrogen (secondary N) is 1. The van der Waals surface area contributed by atoms with E-state index in [1.54, 1.807) is 0 Å². The van der Waals surface area contributed by atoms with Gasteiger partial charge in [0.2, 0.25) is 0 Å². The summed E-state index contributed by atoms with van der Waals surface area (Å²) in [6.45, 7) is 0.0210. The summed E-state index contributed by atoms with van der Waals surface area (Å²) in [5.41, 5.74) is 7.31. The fourth-order valence-electron chi connectivity index (χ4n) is 2.70. The van der Waals surface area contributed by atoms with E-state index in [0.29, 0.717) is 16.9 Å². The number of anilines is 1. The predicted octanol–water partition coefficient (Wildman–Crippen LogP) is 2.83. The first-order valence-electron chi connectivity index (χ1n) is 7.45. The minimum atomic E-state index is -0.0699. The lowest BCUT2D eigenvalue weighted by Gasteiger charge is -2.13. The molecule has 5 nitrogen and oxygen atoms in total. The normalized spacial score (nSPS) is 14.9. The molecule has 1 aromatic carbocycles. The van der Waals surface area contributed by atoms with Gasteiger partial charge < -0.3 is 15.8 Å². The van der Waals surface area contributed by atoms with Crippen LogP contribution in [0.15, 0.2) is 29.6 Å². The molecule has 1 fully saturated rings. The Bertz CT molecular complexity index is 650. The molecule has 0 saturated heterocycles. The molecule has 0 bridgehead atoms. The Labute approximate surface area is 133 Å². The second-order valence-electron chi connectivity index (χ2n) is 5.40. The van der Waals surface area contributed by atoms with Crippen molar-refractivity contribution in [2.45, 2.75) is 31.7 Å². The minimum absolute atomic E-state index is 0.0210. The molecule has 1 saturated carbocycles. The number of thiazole rings is 1. The van der Waals surface area contributed by atoms with Crippen LogP contribution in [0.5, 0.6) is 5.75 Å². The molecule has 0 aliphatic heterocycles. The highest BCUT2D eigenvalue weighted by Gasteiger charge is 2.17. The standard InChI is InChI=1S/C16H19N3O2S/c17-16-19-13(10-22-16)12-7-3-4-8-14(12)21-9-15(20)18-11-5-1-2-6-11/h3-4,7-8,10-11H,1-2,5-6,9H2,(H2,17,19)(H,18,20). The Morgan fingerprint density at radius 1 is 1.36 bits per heavy atom. The molecule has 6 heteroatoms. The number of nitrogen functional groups attached to an aromatic ring is 1. The second kappa shape index (κ2) is 6.79. The van der Waals surface area contributed by atoms with Crippen molar-refractivity contribution in [3.8, 4) is 17.0 Å². The molecule has 22 heavy (non-hydrogen) atoms. The van der Waals surface area contributed by atoms with Crippen LogP contribution in [0.2, 0.25) is 0 Å². The highest BCUT2D eigenvalue weighted by molar-refractivity contribution is 7.13. The van der Waals surface area contributed by atoms with Gasteiger partial charge in [-0.05, 0) is 25.0 Å². The summed E-state index contributed by atoms with van der Waals surface area (Å²) < 4.78 is 5.68. The van der Waals surface area contributed by atoms with Crippen LogP contribution < -0.4 is 15.8 Å². The summed E-state index contributed by atoms with van der Waals surface area (Å²) in [5.74, 6) is 0.578. The Balaban J connectivity index is 1.64. The number of ether oxygens (including phenoxy) is 1. The maximum absolute atomic E-state index is 12.0. The zero-order valence-electron chi connectivity index (χ0n) is 12.2. The summed E-state index contributed by atoms with van der Waals surface area (Å²) >= 11 is 1.39. The number of hydrogen-bond acceptors (Lipinski definition) is 5. The zero-order valence-corrected chi connectivity index (χ0v) is 13.1. The van der Waals surface area contributed by atoms with E-state index in [4.69, 9.17) is 10.5 Å². The lowest BCUT2D eigenvalue weighted by molar-refractivity contribution is -0.123. The molecule has 1 aliphatic rings. The van der Waals surface area contributed by atoms with E-state index in [1.165, 1.54) is 24.2 Å². The number of para-hydroxylation sites is 1. The van der Waals surface area contributed by atoms with Crippen LogP contribution >= 0.6 is 11.3 Å². The van der Waals surface area contributed by atoms with E-state index in [9.17, 15) is 4.79 Å². The molecule has 1 aromatic heterocycles. The number of rotatable bonds is 5. The highest BCUT2D eigenvalue weighted by atomic mass is 32.1. The van der Waals surface area contributed by atoms with E-state index in [2.05, 4.69) is 10.3 Å². The molecule has 1 aliphatic carbocycles. The van der Waals surface area contributed by atoms with Crippen LogP contribution in [0.25, 0.3) is 11.3 Å². The number of amides is 1. The van der Waals surface area contributed by atoms with Gasteiger partial charge in [0.25, 0.3) is 5.91 Å². The summed E-state index contributed by atoms with van der Waals surface area (Å²) in [4.78, 5) is 16.2. The average molecular weight is 317 g/mol. The van der Waals surface area contributed by atoms with Gasteiger partial charge in [0.1, 0.15) is 5.75 Å². The lowest BCUT2D eigenvalue weighted by Crippen LogP contribution is -2.36. The third-order valence-electron chi connectivity index (χ3n) is 3.76. The first-order valence-corrected chi connectivity index (χ1v) is 8.33. The predicted molar refractivity (Wildman–Crippen MR) is 87.9 cm³/mol. The molecular weight excluding hydrogens is 298 g/mol. The Morgan fingerprint density at radius 2 is 2.14 bits per heavy atom. The monoisotopic (exact) mass is 317 g/mol. The Hall–Kier alpha value is -2.08. The van der Waals surface area contributed by atoms with Gasteiger partial charge in [0.05, 0.1) is 5.69 Å². The van der Waals surface area contributed by atoms with Crippen molar-refractivity contribution >= 4 is 22.4 Å². The van der Waals surface area contributed by atoms with Gasteiger partial charge in [0.15, 0.2) is 11.7 Å². The fraction of sp³-hybridized carbons (Fsp3) is 0.375. The van der Waals surface area contributed by atoms with Crippen molar-refractivity contribution in [3.05, 3.63) is 29.6 Å². The Morgan fingerprint density at radius 3 is 2.86 bits per heavy atom. The van der Waals surface area contributed by atoms with Crippen molar-refractivity contribution in [2.24, 2.45) is 0 Å². The maximum Gasteiger partial charge on any atom is 0.258 e. The highest BCUT2D eigenvalue weighted by Crippen LogP contribution is 2.31. The third kappa shape index (κ3) is 3.57. The van der Waals surface area contributed by atoms with Crippen LogP contribution in [-0.4, -0.2) is 23.5 Å². The van der Waals surface area contributed by atoms with Crippen LogP contribution in [0, 0.1) is 0 Å². The quantitative estimate of drug-likeness (QED) is 0.889. The summed E-state index contributed by atoms with van der Waals surface area (Å²) in [7, 11) is 0. The van der Waals surface area contributed by atoms with Gasteiger partial charge in [-0.15, -0.1) is 11.3 Å². The summed E-state index contributed by atoms with van der Waals surface area (Å²) in [5, 5.41) is 5.42. The second-order valence-corrected chi connectivity index (χ2v) is 6.29. The van der Waals surface area contributed by atoms with Crippen molar-refractivity contribution in [1.82, 2.24) is 10.3 Å². The molecule has 2 aromatic rings. The minimum Gasteiger partial charge on any atom is -0.483 e. The first-order chi connectivity index (χ1) is 10.7. The van der Waals surface area contributed by atoms with Gasteiger partial charge in [-0.25, -0.2) is 4.98 Å². The molecule has 0 radical (unpaired) electrons. The smallest absolute Gasteiger partial charge is 0.258 e. The van der Waals surface area contributed by atoms with Crippen molar-refractivity contribution in [2.75, 3.05) is 12.3 Å². The van der Waals surface area contributed by atoms with E-state index in [0.717, 1.165) is 24.1 Å². The molecule has 116 valence electrons. The van der Waals surface area contributed by atoms with Gasteiger partial charge in [0, 0.05) is 17.0 Å².